The smallest absolute Gasteiger partial charge is 0.254 e. The van der Waals surface area contributed by atoms with E-state index in [1.807, 2.05) is 13.0 Å². The zero-order chi connectivity index (χ0) is 13.8. The van der Waals surface area contributed by atoms with Gasteiger partial charge in [0, 0.05) is 18.8 Å². The normalized spacial score (nSPS) is 14.5. The Balaban J connectivity index is 1.96. The number of hydrogen-bond acceptors (Lipinski definition) is 3. The lowest BCUT2D eigenvalue weighted by Gasteiger charge is -2.16. The van der Waals surface area contributed by atoms with Gasteiger partial charge in [-0.05, 0) is 31.4 Å². The minimum atomic E-state index is -0.289. The first-order valence-electron chi connectivity index (χ1n) is 6.50. The summed E-state index contributed by atoms with van der Waals surface area (Å²) in [6, 6.07) is 5.31. The van der Waals surface area contributed by atoms with Crippen molar-refractivity contribution in [3.05, 3.63) is 29.3 Å². The molecule has 0 saturated carbocycles. The third-order valence-corrected chi connectivity index (χ3v) is 3.39. The lowest BCUT2D eigenvalue weighted by Crippen LogP contribution is -2.39. The topological polar surface area (TPSA) is 75.4 Å². The summed E-state index contributed by atoms with van der Waals surface area (Å²) in [5.74, 6) is -0.318. The summed E-state index contributed by atoms with van der Waals surface area (Å²) in [5.41, 5.74) is 7.50. The molecule has 1 aromatic rings. The van der Waals surface area contributed by atoms with Gasteiger partial charge in [-0.2, -0.15) is 0 Å². The van der Waals surface area contributed by atoms with Crippen molar-refractivity contribution in [2.45, 2.75) is 19.8 Å². The number of hydrogen-bond donors (Lipinski definition) is 2. The van der Waals surface area contributed by atoms with Crippen LogP contribution >= 0.6 is 0 Å². The lowest BCUT2D eigenvalue weighted by atomic mass is 10.1. The van der Waals surface area contributed by atoms with E-state index in [9.17, 15) is 9.59 Å². The summed E-state index contributed by atoms with van der Waals surface area (Å²) in [5, 5.41) is 2.65. The van der Waals surface area contributed by atoms with Crippen LogP contribution in [0.5, 0.6) is 0 Å². The molecule has 5 heteroatoms. The number of nitrogens with zero attached hydrogens (tertiary/aromatic N) is 1. The van der Waals surface area contributed by atoms with E-state index in [2.05, 4.69) is 5.32 Å². The molecule has 1 aliphatic heterocycles. The highest BCUT2D eigenvalue weighted by molar-refractivity contribution is 6.01. The van der Waals surface area contributed by atoms with Crippen LogP contribution < -0.4 is 11.1 Å². The Bertz CT molecular complexity index is 473. The Labute approximate surface area is 112 Å². The lowest BCUT2D eigenvalue weighted by molar-refractivity contribution is -0.129. The van der Waals surface area contributed by atoms with Gasteiger partial charge in [-0.25, -0.2) is 0 Å². The predicted octanol–water partition coefficient (Wildman–Crippen LogP) is 0.929. The molecule has 0 aromatic heterocycles. The van der Waals surface area contributed by atoms with Gasteiger partial charge in [0.25, 0.3) is 5.91 Å². The van der Waals surface area contributed by atoms with Gasteiger partial charge in [0.05, 0.1) is 12.1 Å². The van der Waals surface area contributed by atoms with Gasteiger partial charge in [-0.15, -0.1) is 0 Å². The van der Waals surface area contributed by atoms with Crippen LogP contribution in [0, 0.1) is 6.92 Å². The number of aryl methyl sites for hydroxylation is 1. The Morgan fingerprint density at radius 1 is 1.32 bits per heavy atom. The average molecular weight is 261 g/mol. The molecular weight excluding hydrogens is 242 g/mol. The van der Waals surface area contributed by atoms with Crippen LogP contribution in [0.1, 0.15) is 28.8 Å². The molecule has 0 atom stereocenters. The minimum Gasteiger partial charge on any atom is -0.398 e. The largest absolute Gasteiger partial charge is 0.398 e. The molecular formula is C14H19N3O2. The number of rotatable bonds is 3. The number of amides is 2. The van der Waals surface area contributed by atoms with E-state index in [0.29, 0.717) is 11.3 Å². The molecule has 2 rings (SSSR count). The molecule has 1 aromatic carbocycles. The fourth-order valence-corrected chi connectivity index (χ4v) is 2.32. The first-order valence-corrected chi connectivity index (χ1v) is 6.50. The minimum absolute atomic E-state index is 0.0296. The van der Waals surface area contributed by atoms with Crippen molar-refractivity contribution in [3.8, 4) is 0 Å². The molecule has 2 amide bonds. The molecule has 102 valence electrons. The Kier molecular flexibility index (Phi) is 4.04. The number of anilines is 1. The molecule has 1 saturated heterocycles. The Hall–Kier alpha value is -2.04. The molecule has 0 radical (unpaired) electrons. The molecule has 0 spiro atoms. The van der Waals surface area contributed by atoms with E-state index in [1.54, 1.807) is 17.0 Å². The first kappa shape index (κ1) is 13.4. The molecule has 1 aliphatic rings. The number of benzene rings is 1. The molecule has 5 nitrogen and oxygen atoms in total. The van der Waals surface area contributed by atoms with Gasteiger partial charge in [-0.3, -0.25) is 9.59 Å². The molecule has 0 bridgehead atoms. The maximum absolute atomic E-state index is 12.0. The summed E-state index contributed by atoms with van der Waals surface area (Å²) in [4.78, 5) is 25.7. The zero-order valence-electron chi connectivity index (χ0n) is 11.1. The van der Waals surface area contributed by atoms with Crippen molar-refractivity contribution in [1.29, 1.82) is 0 Å². The van der Waals surface area contributed by atoms with Crippen LogP contribution in [0.2, 0.25) is 0 Å². The van der Waals surface area contributed by atoms with Gasteiger partial charge >= 0.3 is 0 Å². The van der Waals surface area contributed by atoms with Crippen molar-refractivity contribution in [3.63, 3.8) is 0 Å². The van der Waals surface area contributed by atoms with Crippen LogP contribution in [0.4, 0.5) is 5.69 Å². The highest BCUT2D eigenvalue weighted by Crippen LogP contribution is 2.15. The first-order chi connectivity index (χ1) is 9.09. The van der Waals surface area contributed by atoms with Crippen molar-refractivity contribution < 1.29 is 9.59 Å². The second-order valence-electron chi connectivity index (χ2n) is 4.81. The van der Waals surface area contributed by atoms with E-state index >= 15 is 0 Å². The molecule has 0 unspecified atom stereocenters. The summed E-state index contributed by atoms with van der Waals surface area (Å²) < 4.78 is 0. The second kappa shape index (κ2) is 5.73. The quantitative estimate of drug-likeness (QED) is 0.795. The van der Waals surface area contributed by atoms with Gasteiger partial charge in [0.2, 0.25) is 5.91 Å². The number of carbonyl (C=O) groups is 2. The predicted molar refractivity (Wildman–Crippen MR) is 73.7 cm³/mol. The molecule has 19 heavy (non-hydrogen) atoms. The molecule has 0 aliphatic carbocycles. The Morgan fingerprint density at radius 3 is 2.63 bits per heavy atom. The van der Waals surface area contributed by atoms with Crippen molar-refractivity contribution in [2.75, 3.05) is 25.4 Å². The number of nitrogens with one attached hydrogen (secondary N) is 1. The van der Waals surface area contributed by atoms with Gasteiger partial charge < -0.3 is 16.0 Å². The van der Waals surface area contributed by atoms with Crippen LogP contribution in [0.15, 0.2) is 18.2 Å². The standard InChI is InChI=1S/C14H19N3O2/c1-10-5-4-6-11(15)13(10)14(19)16-9-12(18)17-7-2-3-8-17/h4-6H,2-3,7-9,15H2,1H3,(H,16,19). The monoisotopic (exact) mass is 261 g/mol. The fourth-order valence-electron chi connectivity index (χ4n) is 2.32. The fraction of sp³-hybridized carbons (Fsp3) is 0.429. The van der Waals surface area contributed by atoms with Crippen molar-refractivity contribution >= 4 is 17.5 Å². The Morgan fingerprint density at radius 2 is 2.00 bits per heavy atom. The summed E-state index contributed by atoms with van der Waals surface area (Å²) >= 11 is 0. The summed E-state index contributed by atoms with van der Waals surface area (Å²) in [6.07, 6.45) is 2.09. The number of carbonyl (C=O) groups excluding carboxylic acids is 2. The molecule has 1 fully saturated rings. The van der Waals surface area contributed by atoms with Crippen LogP contribution in [-0.4, -0.2) is 36.3 Å². The van der Waals surface area contributed by atoms with E-state index in [-0.39, 0.29) is 18.4 Å². The summed E-state index contributed by atoms with van der Waals surface area (Å²) in [6.45, 7) is 3.45. The molecule has 3 N–H and O–H groups in total. The van der Waals surface area contributed by atoms with Crippen LogP contribution in [-0.2, 0) is 4.79 Å². The van der Waals surface area contributed by atoms with Crippen molar-refractivity contribution in [2.24, 2.45) is 0 Å². The number of nitrogens with two attached hydrogens (primary N) is 1. The average Bonchev–Trinajstić information content (AvgIpc) is 2.89. The SMILES string of the molecule is Cc1cccc(N)c1C(=O)NCC(=O)N1CCCC1. The summed E-state index contributed by atoms with van der Waals surface area (Å²) in [7, 11) is 0. The van der Waals surface area contributed by atoms with Gasteiger partial charge in [0.15, 0.2) is 0 Å². The van der Waals surface area contributed by atoms with E-state index < -0.39 is 0 Å². The van der Waals surface area contributed by atoms with E-state index in [1.165, 1.54) is 0 Å². The van der Waals surface area contributed by atoms with E-state index in [4.69, 9.17) is 5.73 Å². The van der Waals surface area contributed by atoms with Crippen LogP contribution in [0.3, 0.4) is 0 Å². The highest BCUT2D eigenvalue weighted by atomic mass is 16.2. The third-order valence-electron chi connectivity index (χ3n) is 3.39. The van der Waals surface area contributed by atoms with Crippen LogP contribution in [0.25, 0.3) is 0 Å². The maximum atomic E-state index is 12.0. The highest BCUT2D eigenvalue weighted by Gasteiger charge is 2.19. The van der Waals surface area contributed by atoms with E-state index in [0.717, 1.165) is 31.5 Å². The van der Waals surface area contributed by atoms with Gasteiger partial charge in [-0.1, -0.05) is 12.1 Å². The van der Waals surface area contributed by atoms with Gasteiger partial charge in [0.1, 0.15) is 0 Å². The number of nitrogen functional groups attached to an aromatic ring is 1. The van der Waals surface area contributed by atoms with Crippen molar-refractivity contribution in [1.82, 2.24) is 10.2 Å². The molecule has 1 heterocycles. The third kappa shape index (κ3) is 3.05. The zero-order valence-corrected chi connectivity index (χ0v) is 11.1. The maximum Gasteiger partial charge on any atom is 0.254 e. The number of likely N-dealkylation sites (tertiary alicyclic amines) is 1. The second-order valence-corrected chi connectivity index (χ2v) is 4.81.